The molecule has 0 aliphatic rings. The number of carboxylic acids is 1. The number of ether oxygens (including phenoxy) is 1. The number of carbonyl (C=O) groups excluding carboxylic acids is 1. The van der Waals surface area contributed by atoms with Gasteiger partial charge in [-0.1, -0.05) is 19.8 Å². The maximum absolute atomic E-state index is 11.9. The van der Waals surface area contributed by atoms with Crippen molar-refractivity contribution in [2.24, 2.45) is 0 Å². The average Bonchev–Trinajstić information content (AvgIpc) is 2.44. The Hall–Kier alpha value is -1.31. The molecule has 0 saturated carbocycles. The number of nitrogens with one attached hydrogen (secondary N) is 1. The van der Waals surface area contributed by atoms with Crippen LogP contribution in [0.1, 0.15) is 43.5 Å². The number of unbranched alkanes of at least 4 members (excludes halogenated alkanes) is 2. The number of rotatable bonds is 8. The van der Waals surface area contributed by atoms with Crippen LogP contribution in [0.4, 0.5) is 0 Å². The summed E-state index contributed by atoms with van der Waals surface area (Å²) in [6, 6.07) is 4.84. The van der Waals surface area contributed by atoms with E-state index in [0.717, 1.165) is 22.8 Å². The van der Waals surface area contributed by atoms with Crippen molar-refractivity contribution in [3.8, 4) is 5.75 Å². The number of amides is 1. The van der Waals surface area contributed by atoms with E-state index >= 15 is 0 Å². The number of carbonyl (C=O) groups is 2. The normalized spacial score (nSPS) is 11.8. The lowest BCUT2D eigenvalue weighted by atomic mass is 10.2. The highest BCUT2D eigenvalue weighted by molar-refractivity contribution is 14.1. The van der Waals surface area contributed by atoms with Crippen LogP contribution < -0.4 is 10.1 Å². The molecule has 1 amide bonds. The third-order valence-electron chi connectivity index (χ3n) is 2.92. The van der Waals surface area contributed by atoms with Crippen molar-refractivity contribution in [2.45, 2.75) is 39.2 Å². The topological polar surface area (TPSA) is 75.6 Å². The van der Waals surface area contributed by atoms with E-state index in [0.29, 0.717) is 6.54 Å². The summed E-state index contributed by atoms with van der Waals surface area (Å²) in [6.07, 6.45) is 2.35. The highest BCUT2D eigenvalue weighted by Crippen LogP contribution is 2.22. The Balaban J connectivity index is 2.63. The van der Waals surface area contributed by atoms with Crippen LogP contribution in [0, 0.1) is 3.57 Å². The van der Waals surface area contributed by atoms with Crippen LogP contribution in [0.25, 0.3) is 0 Å². The van der Waals surface area contributed by atoms with Crippen LogP contribution in [-0.4, -0.2) is 29.6 Å². The highest BCUT2D eigenvalue weighted by Gasteiger charge is 2.18. The molecule has 0 bridgehead atoms. The van der Waals surface area contributed by atoms with Crippen molar-refractivity contribution in [1.29, 1.82) is 0 Å². The Kier molecular flexibility index (Phi) is 7.49. The lowest BCUT2D eigenvalue weighted by molar-refractivity contribution is -0.127. The molecule has 1 unspecified atom stereocenters. The molecule has 1 atom stereocenters. The van der Waals surface area contributed by atoms with Crippen LogP contribution in [0.15, 0.2) is 18.2 Å². The highest BCUT2D eigenvalue weighted by atomic mass is 127. The second-order valence-corrected chi connectivity index (χ2v) is 5.95. The summed E-state index contributed by atoms with van der Waals surface area (Å²) in [4.78, 5) is 23.1. The van der Waals surface area contributed by atoms with Gasteiger partial charge in [0, 0.05) is 10.1 Å². The fourth-order valence-corrected chi connectivity index (χ4v) is 2.24. The molecule has 0 aliphatic carbocycles. The van der Waals surface area contributed by atoms with Crippen molar-refractivity contribution in [3.05, 3.63) is 27.3 Å². The smallest absolute Gasteiger partial charge is 0.339 e. The molecule has 0 aliphatic heterocycles. The summed E-state index contributed by atoms with van der Waals surface area (Å²) in [5.74, 6) is -1.10. The van der Waals surface area contributed by atoms with Crippen molar-refractivity contribution in [1.82, 2.24) is 5.32 Å². The lowest BCUT2D eigenvalue weighted by Gasteiger charge is -2.16. The number of benzene rings is 1. The van der Waals surface area contributed by atoms with E-state index in [4.69, 9.17) is 9.84 Å². The number of aromatic carboxylic acids is 1. The Labute approximate surface area is 138 Å². The Morgan fingerprint density at radius 1 is 1.38 bits per heavy atom. The summed E-state index contributed by atoms with van der Waals surface area (Å²) in [5, 5.41) is 11.9. The fraction of sp³-hybridized carbons (Fsp3) is 0.467. The van der Waals surface area contributed by atoms with E-state index in [2.05, 4.69) is 12.2 Å². The maximum Gasteiger partial charge on any atom is 0.339 e. The van der Waals surface area contributed by atoms with Crippen LogP contribution in [0.3, 0.4) is 0 Å². The maximum atomic E-state index is 11.9. The summed E-state index contributed by atoms with van der Waals surface area (Å²) >= 11 is 2.03. The third-order valence-corrected chi connectivity index (χ3v) is 3.60. The van der Waals surface area contributed by atoms with Gasteiger partial charge < -0.3 is 15.2 Å². The summed E-state index contributed by atoms with van der Waals surface area (Å²) in [5.41, 5.74) is 0.0625. The molecule has 21 heavy (non-hydrogen) atoms. The van der Waals surface area contributed by atoms with E-state index in [9.17, 15) is 9.59 Å². The van der Waals surface area contributed by atoms with E-state index in [-0.39, 0.29) is 17.2 Å². The molecule has 116 valence electrons. The summed E-state index contributed by atoms with van der Waals surface area (Å²) < 4.78 is 6.28. The largest absolute Gasteiger partial charge is 0.480 e. The van der Waals surface area contributed by atoms with Crippen LogP contribution >= 0.6 is 22.6 Å². The number of halogens is 1. The summed E-state index contributed by atoms with van der Waals surface area (Å²) in [6.45, 7) is 4.31. The molecule has 1 aromatic rings. The van der Waals surface area contributed by atoms with Gasteiger partial charge in [0.2, 0.25) is 0 Å². The molecule has 0 fully saturated rings. The van der Waals surface area contributed by atoms with Gasteiger partial charge >= 0.3 is 5.97 Å². The van der Waals surface area contributed by atoms with Crippen LogP contribution in [-0.2, 0) is 4.79 Å². The molecule has 0 saturated heterocycles. The van der Waals surface area contributed by atoms with Crippen molar-refractivity contribution < 1.29 is 19.4 Å². The van der Waals surface area contributed by atoms with Crippen molar-refractivity contribution in [3.63, 3.8) is 0 Å². The van der Waals surface area contributed by atoms with Gasteiger partial charge in [0.15, 0.2) is 6.10 Å². The molecule has 5 nitrogen and oxygen atoms in total. The zero-order chi connectivity index (χ0) is 15.8. The molecule has 1 rings (SSSR count). The minimum absolute atomic E-state index is 0.0625. The molecular weight excluding hydrogens is 385 g/mol. The lowest BCUT2D eigenvalue weighted by Crippen LogP contribution is -2.37. The molecule has 0 spiro atoms. The first-order valence-corrected chi connectivity index (χ1v) is 8.00. The molecule has 0 aromatic heterocycles. The first-order chi connectivity index (χ1) is 9.95. The fourth-order valence-electron chi connectivity index (χ4n) is 1.75. The zero-order valence-corrected chi connectivity index (χ0v) is 14.3. The second kappa shape index (κ2) is 8.86. The van der Waals surface area contributed by atoms with E-state index in [1.165, 1.54) is 6.07 Å². The van der Waals surface area contributed by atoms with Gasteiger partial charge in [0.25, 0.3) is 5.91 Å². The Morgan fingerprint density at radius 2 is 2.10 bits per heavy atom. The molecule has 6 heteroatoms. The van der Waals surface area contributed by atoms with Crippen LogP contribution in [0.5, 0.6) is 5.75 Å². The van der Waals surface area contributed by atoms with Gasteiger partial charge in [-0.15, -0.1) is 0 Å². The third kappa shape index (κ3) is 5.91. The van der Waals surface area contributed by atoms with Crippen LogP contribution in [0.2, 0.25) is 0 Å². The Morgan fingerprint density at radius 3 is 2.71 bits per heavy atom. The van der Waals surface area contributed by atoms with Gasteiger partial charge in [-0.2, -0.15) is 0 Å². The average molecular weight is 405 g/mol. The van der Waals surface area contributed by atoms with Gasteiger partial charge in [-0.05, 0) is 54.1 Å². The summed E-state index contributed by atoms with van der Waals surface area (Å²) in [7, 11) is 0. The first-order valence-electron chi connectivity index (χ1n) is 6.93. The van der Waals surface area contributed by atoms with Gasteiger partial charge in [-0.3, -0.25) is 4.79 Å². The Bertz CT molecular complexity index is 504. The molecule has 1 aromatic carbocycles. The van der Waals surface area contributed by atoms with Gasteiger partial charge in [-0.25, -0.2) is 4.79 Å². The molecule has 0 heterocycles. The van der Waals surface area contributed by atoms with E-state index < -0.39 is 12.1 Å². The first kappa shape index (κ1) is 17.7. The van der Waals surface area contributed by atoms with Gasteiger partial charge in [0.1, 0.15) is 11.3 Å². The molecule has 2 N–H and O–H groups in total. The van der Waals surface area contributed by atoms with E-state index in [1.54, 1.807) is 19.1 Å². The number of carboxylic acid groups (broad SMARTS) is 1. The molecule has 0 radical (unpaired) electrons. The quantitative estimate of drug-likeness (QED) is 0.515. The van der Waals surface area contributed by atoms with Gasteiger partial charge in [0.05, 0.1) is 0 Å². The monoisotopic (exact) mass is 405 g/mol. The standard InChI is InChI=1S/C15H20INO4/c1-3-4-5-8-17-14(18)10(2)21-13-7-6-11(16)9-12(13)15(19)20/h6-7,9-10H,3-5,8H2,1-2H3,(H,17,18)(H,19,20). The van der Waals surface area contributed by atoms with E-state index in [1.807, 2.05) is 22.6 Å². The minimum Gasteiger partial charge on any atom is -0.480 e. The number of hydrogen-bond donors (Lipinski definition) is 2. The van der Waals surface area contributed by atoms with Crippen molar-refractivity contribution in [2.75, 3.05) is 6.54 Å². The van der Waals surface area contributed by atoms with Crippen molar-refractivity contribution >= 4 is 34.5 Å². The predicted molar refractivity (Wildman–Crippen MR) is 88.7 cm³/mol. The minimum atomic E-state index is -1.07. The predicted octanol–water partition coefficient (Wildman–Crippen LogP) is 3.06. The number of hydrogen-bond acceptors (Lipinski definition) is 3. The second-order valence-electron chi connectivity index (χ2n) is 4.70. The molecular formula is C15H20INO4. The zero-order valence-electron chi connectivity index (χ0n) is 12.2. The SMILES string of the molecule is CCCCCNC(=O)C(C)Oc1ccc(I)cc1C(=O)O.